The minimum atomic E-state index is -0.412. The van der Waals surface area contributed by atoms with Crippen molar-refractivity contribution in [3.8, 4) is 11.8 Å². The average molecular weight is 407 g/mol. The lowest BCUT2D eigenvalue weighted by Crippen LogP contribution is -2.34. The van der Waals surface area contributed by atoms with Crippen LogP contribution in [0.4, 0.5) is 0 Å². The number of aromatic nitrogens is 1. The molecule has 0 radical (unpaired) electrons. The van der Waals surface area contributed by atoms with E-state index in [2.05, 4.69) is 39.3 Å². The summed E-state index contributed by atoms with van der Waals surface area (Å²) in [7, 11) is 0. The molecule has 0 bridgehead atoms. The summed E-state index contributed by atoms with van der Waals surface area (Å²) in [5, 5.41) is 6.84. The molecule has 30 heavy (non-hydrogen) atoms. The molecule has 2 aromatic rings. The molecule has 6 heteroatoms. The number of ether oxygens (including phenoxy) is 1. The second kappa shape index (κ2) is 11.5. The van der Waals surface area contributed by atoms with Gasteiger partial charge in [-0.2, -0.15) is 0 Å². The lowest BCUT2D eigenvalue weighted by Gasteiger charge is -2.21. The first-order valence-electron chi connectivity index (χ1n) is 10.5. The molecule has 0 amide bonds. The Bertz CT molecular complexity index is 890. The highest BCUT2D eigenvalue weighted by atomic mass is 16.5. The predicted octanol–water partition coefficient (Wildman–Crippen LogP) is 1.96. The Balaban J connectivity index is 1.84. The van der Waals surface area contributed by atoms with Crippen LogP contribution in [0.3, 0.4) is 0 Å². The molecule has 0 aliphatic carbocycles. The Morgan fingerprint density at radius 3 is 2.37 bits per heavy atom. The van der Waals surface area contributed by atoms with Crippen LogP contribution in [0.1, 0.15) is 39.8 Å². The maximum absolute atomic E-state index is 12.3. The number of carbonyl (C=O) groups is 1. The Hall–Kier alpha value is -2.72. The van der Waals surface area contributed by atoms with E-state index in [1.807, 2.05) is 30.3 Å². The molecule has 1 saturated heterocycles. The van der Waals surface area contributed by atoms with Crippen molar-refractivity contribution in [1.29, 1.82) is 0 Å². The molecule has 1 aromatic carbocycles. The second-order valence-corrected chi connectivity index (χ2v) is 7.35. The quantitative estimate of drug-likeness (QED) is 0.598. The topological polar surface area (TPSA) is 66.5 Å². The van der Waals surface area contributed by atoms with Crippen LogP contribution in [0, 0.1) is 18.8 Å². The fraction of sp³-hybridized carbons (Fsp3) is 0.417. The Kier molecular flexibility index (Phi) is 8.40. The lowest BCUT2D eigenvalue weighted by molar-refractivity contribution is 0.0519. The molecule has 1 fully saturated rings. The third-order valence-corrected chi connectivity index (χ3v) is 4.84. The molecule has 0 spiro atoms. The van der Waals surface area contributed by atoms with E-state index in [1.54, 1.807) is 13.0 Å². The molecule has 158 valence electrons. The first-order valence-corrected chi connectivity index (χ1v) is 10.5. The van der Waals surface area contributed by atoms with Crippen LogP contribution in [0.2, 0.25) is 0 Å². The number of pyridine rings is 1. The third kappa shape index (κ3) is 6.96. The first kappa shape index (κ1) is 22.0. The first-order chi connectivity index (χ1) is 14.6. The summed E-state index contributed by atoms with van der Waals surface area (Å²) in [5.41, 5.74) is 4.04. The Morgan fingerprint density at radius 2 is 1.70 bits per heavy atom. The molecule has 0 unspecified atom stereocenters. The molecule has 1 aliphatic heterocycles. The largest absolute Gasteiger partial charge is 0.461 e. The monoisotopic (exact) mass is 406 g/mol. The van der Waals surface area contributed by atoms with E-state index < -0.39 is 5.97 Å². The molecule has 3 rings (SSSR count). The summed E-state index contributed by atoms with van der Waals surface area (Å²) in [4.78, 5) is 19.2. The van der Waals surface area contributed by atoms with Crippen LogP contribution in [0.15, 0.2) is 36.4 Å². The Labute approximate surface area is 179 Å². The minimum Gasteiger partial charge on any atom is -0.461 e. The van der Waals surface area contributed by atoms with Gasteiger partial charge in [-0.05, 0) is 38.1 Å². The number of hydrogen-bond acceptors (Lipinski definition) is 6. The number of benzene rings is 1. The number of aryl methyl sites for hydroxylation is 1. The molecule has 0 atom stereocenters. The van der Waals surface area contributed by atoms with E-state index in [0.29, 0.717) is 18.8 Å². The van der Waals surface area contributed by atoms with Gasteiger partial charge < -0.3 is 15.4 Å². The zero-order valence-corrected chi connectivity index (χ0v) is 17.8. The van der Waals surface area contributed by atoms with Crippen molar-refractivity contribution in [3.63, 3.8) is 0 Å². The van der Waals surface area contributed by atoms with Gasteiger partial charge in [-0.15, -0.1) is 0 Å². The summed E-state index contributed by atoms with van der Waals surface area (Å²) < 4.78 is 5.17. The maximum atomic E-state index is 12.3. The van der Waals surface area contributed by atoms with Gasteiger partial charge in [0.15, 0.2) is 0 Å². The molecular weight excluding hydrogens is 376 g/mol. The molecule has 2 heterocycles. The van der Waals surface area contributed by atoms with Crippen molar-refractivity contribution in [1.82, 2.24) is 20.5 Å². The van der Waals surface area contributed by atoms with Crippen molar-refractivity contribution in [2.75, 3.05) is 45.9 Å². The van der Waals surface area contributed by atoms with Gasteiger partial charge in [-0.1, -0.05) is 29.5 Å². The van der Waals surface area contributed by atoms with Gasteiger partial charge in [0, 0.05) is 56.9 Å². The molecule has 6 nitrogen and oxygen atoms in total. The van der Waals surface area contributed by atoms with Crippen molar-refractivity contribution in [3.05, 3.63) is 64.5 Å². The van der Waals surface area contributed by atoms with E-state index >= 15 is 0 Å². The van der Waals surface area contributed by atoms with Crippen LogP contribution in [-0.2, 0) is 11.3 Å². The summed E-state index contributed by atoms with van der Waals surface area (Å²) in [5.74, 6) is 5.96. The van der Waals surface area contributed by atoms with Crippen molar-refractivity contribution >= 4 is 5.97 Å². The molecule has 2 N–H and O–H groups in total. The Morgan fingerprint density at radius 1 is 1.03 bits per heavy atom. The molecular formula is C24H30N4O2. The van der Waals surface area contributed by atoms with Gasteiger partial charge in [-0.25, -0.2) is 9.78 Å². The molecule has 1 aliphatic rings. The maximum Gasteiger partial charge on any atom is 0.356 e. The summed E-state index contributed by atoms with van der Waals surface area (Å²) in [6.07, 6.45) is 0. The van der Waals surface area contributed by atoms with Crippen molar-refractivity contribution in [2.24, 2.45) is 0 Å². The molecule has 0 saturated carbocycles. The smallest absolute Gasteiger partial charge is 0.356 e. The van der Waals surface area contributed by atoms with E-state index in [4.69, 9.17) is 4.74 Å². The van der Waals surface area contributed by atoms with E-state index in [9.17, 15) is 4.79 Å². The summed E-state index contributed by atoms with van der Waals surface area (Å²) in [6, 6.07) is 11.8. The van der Waals surface area contributed by atoms with E-state index in [1.165, 1.54) is 5.56 Å². The minimum absolute atomic E-state index is 0.308. The highest BCUT2D eigenvalue weighted by Gasteiger charge is 2.14. The van der Waals surface area contributed by atoms with Crippen LogP contribution in [0.25, 0.3) is 0 Å². The van der Waals surface area contributed by atoms with Crippen molar-refractivity contribution < 1.29 is 9.53 Å². The molecule has 1 aromatic heterocycles. The van der Waals surface area contributed by atoms with Gasteiger partial charge in [0.2, 0.25) is 0 Å². The zero-order valence-electron chi connectivity index (χ0n) is 17.8. The highest BCUT2D eigenvalue weighted by Crippen LogP contribution is 2.11. The highest BCUT2D eigenvalue weighted by molar-refractivity contribution is 5.87. The van der Waals surface area contributed by atoms with Gasteiger partial charge >= 0.3 is 5.97 Å². The average Bonchev–Trinajstić information content (AvgIpc) is 2.87. The number of rotatable bonds is 4. The van der Waals surface area contributed by atoms with E-state index in [-0.39, 0.29) is 0 Å². The number of hydrogen-bond donors (Lipinski definition) is 2. The standard InChI is InChI=1S/C24H30N4O2/c1-3-30-24(29)23-17-21(9-8-20-6-4-19(2)5-7-20)16-22(27-23)18-28-14-12-25-10-11-26-13-15-28/h4-7,16-17,25-26H,3,10-15,18H2,1-2H3. The zero-order chi connectivity index (χ0) is 21.2. The van der Waals surface area contributed by atoms with Crippen LogP contribution in [0.5, 0.6) is 0 Å². The normalized spacial score (nSPS) is 15.3. The SMILES string of the molecule is CCOC(=O)c1cc(C#Cc2ccc(C)cc2)cc(CN2CCNCCNCC2)n1. The summed E-state index contributed by atoms with van der Waals surface area (Å²) >= 11 is 0. The van der Waals surface area contributed by atoms with Gasteiger partial charge in [0.1, 0.15) is 5.69 Å². The second-order valence-electron chi connectivity index (χ2n) is 7.35. The van der Waals surface area contributed by atoms with E-state index in [0.717, 1.165) is 56.1 Å². The fourth-order valence-electron chi connectivity index (χ4n) is 3.23. The summed E-state index contributed by atoms with van der Waals surface area (Å²) in [6.45, 7) is 10.5. The van der Waals surface area contributed by atoms with Crippen LogP contribution >= 0.6 is 0 Å². The third-order valence-electron chi connectivity index (χ3n) is 4.84. The number of esters is 1. The van der Waals surface area contributed by atoms with Gasteiger partial charge in [-0.3, -0.25) is 4.90 Å². The number of carbonyl (C=O) groups excluding carboxylic acids is 1. The van der Waals surface area contributed by atoms with Crippen LogP contribution < -0.4 is 10.6 Å². The fourth-order valence-corrected chi connectivity index (χ4v) is 3.23. The lowest BCUT2D eigenvalue weighted by atomic mass is 10.1. The van der Waals surface area contributed by atoms with Crippen molar-refractivity contribution in [2.45, 2.75) is 20.4 Å². The number of nitrogens with one attached hydrogen (secondary N) is 2. The number of nitrogens with zero attached hydrogens (tertiary/aromatic N) is 2. The predicted molar refractivity (Wildman–Crippen MR) is 118 cm³/mol. The van der Waals surface area contributed by atoms with Crippen LogP contribution in [-0.4, -0.2) is 61.7 Å². The van der Waals surface area contributed by atoms with Gasteiger partial charge in [0.05, 0.1) is 12.3 Å². The van der Waals surface area contributed by atoms with Gasteiger partial charge in [0.25, 0.3) is 0 Å².